The fourth-order valence-electron chi connectivity index (χ4n) is 2.79. The highest BCUT2D eigenvalue weighted by atomic mass is 127. The number of rotatable bonds is 4. The number of nitrogens with zero attached hydrogens (tertiary/aromatic N) is 3. The second-order valence-electron chi connectivity index (χ2n) is 5.45. The summed E-state index contributed by atoms with van der Waals surface area (Å²) in [6.07, 6.45) is 2.40. The average molecular weight is 397 g/mol. The molecule has 112 valence electrons. The third kappa shape index (κ3) is 3.37. The molecule has 21 heavy (non-hydrogen) atoms. The summed E-state index contributed by atoms with van der Waals surface area (Å²) in [7, 11) is 2.02. The van der Waals surface area contributed by atoms with Crippen LogP contribution >= 0.6 is 22.6 Å². The highest BCUT2D eigenvalue weighted by Gasteiger charge is 2.21. The number of piperidine rings is 1. The van der Waals surface area contributed by atoms with Crippen molar-refractivity contribution in [2.24, 2.45) is 5.92 Å². The first-order valence-corrected chi connectivity index (χ1v) is 8.42. The van der Waals surface area contributed by atoms with Crippen LogP contribution in [0, 0.1) is 9.49 Å². The summed E-state index contributed by atoms with van der Waals surface area (Å²) in [4.78, 5) is 6.95. The fourth-order valence-corrected chi connectivity index (χ4v) is 3.44. The molecule has 5 nitrogen and oxygen atoms in total. The van der Waals surface area contributed by atoms with Gasteiger partial charge in [-0.05, 0) is 61.0 Å². The predicted molar refractivity (Wildman–Crippen MR) is 93.4 cm³/mol. The van der Waals surface area contributed by atoms with E-state index in [9.17, 15) is 0 Å². The largest absolute Gasteiger partial charge is 0.340 e. The van der Waals surface area contributed by atoms with E-state index in [1.54, 1.807) is 0 Å². The Morgan fingerprint density at radius 1 is 1.33 bits per heavy atom. The van der Waals surface area contributed by atoms with Crippen molar-refractivity contribution in [3.8, 4) is 11.4 Å². The van der Waals surface area contributed by atoms with Crippen LogP contribution < -0.4 is 10.2 Å². The molecular formula is C15H20IN5. The van der Waals surface area contributed by atoms with E-state index in [2.05, 4.69) is 60.1 Å². The summed E-state index contributed by atoms with van der Waals surface area (Å²) in [6.45, 7) is 3.18. The second-order valence-corrected chi connectivity index (χ2v) is 6.61. The van der Waals surface area contributed by atoms with Crippen LogP contribution in [0.15, 0.2) is 24.3 Å². The first-order valence-electron chi connectivity index (χ1n) is 7.35. The first-order chi connectivity index (χ1) is 10.3. The summed E-state index contributed by atoms with van der Waals surface area (Å²) in [6, 6.07) is 8.23. The van der Waals surface area contributed by atoms with Crippen LogP contribution in [-0.2, 0) is 0 Å². The Labute approximate surface area is 138 Å². The van der Waals surface area contributed by atoms with Gasteiger partial charge in [0.2, 0.25) is 5.95 Å². The van der Waals surface area contributed by atoms with Crippen LogP contribution in [0.5, 0.6) is 0 Å². The summed E-state index contributed by atoms with van der Waals surface area (Å²) >= 11 is 2.33. The van der Waals surface area contributed by atoms with Crippen LogP contribution in [0.3, 0.4) is 0 Å². The molecule has 1 fully saturated rings. The Bertz CT molecular complexity index is 589. The zero-order valence-corrected chi connectivity index (χ0v) is 14.3. The van der Waals surface area contributed by atoms with Crippen molar-refractivity contribution in [2.75, 3.05) is 31.6 Å². The van der Waals surface area contributed by atoms with E-state index in [0.717, 1.165) is 42.9 Å². The normalized spacial score (nSPS) is 16.4. The lowest BCUT2D eigenvalue weighted by molar-refractivity contribution is 0.391. The van der Waals surface area contributed by atoms with Crippen LogP contribution in [-0.4, -0.2) is 41.9 Å². The van der Waals surface area contributed by atoms with Gasteiger partial charge in [0.15, 0.2) is 5.82 Å². The zero-order valence-electron chi connectivity index (χ0n) is 12.1. The van der Waals surface area contributed by atoms with Crippen molar-refractivity contribution in [1.29, 1.82) is 0 Å². The third-order valence-corrected chi connectivity index (χ3v) is 4.93. The minimum absolute atomic E-state index is 0.778. The Kier molecular flexibility index (Phi) is 4.74. The quantitative estimate of drug-likeness (QED) is 0.779. The highest BCUT2D eigenvalue weighted by Crippen LogP contribution is 2.25. The van der Waals surface area contributed by atoms with Gasteiger partial charge < -0.3 is 10.2 Å². The second kappa shape index (κ2) is 6.74. The number of hydrogen-bond donors (Lipinski definition) is 2. The van der Waals surface area contributed by atoms with E-state index in [-0.39, 0.29) is 0 Å². The van der Waals surface area contributed by atoms with Gasteiger partial charge in [-0.15, -0.1) is 5.10 Å². The Hall–Kier alpha value is -1.15. The minimum Gasteiger partial charge on any atom is -0.340 e. The molecule has 1 aromatic carbocycles. The van der Waals surface area contributed by atoms with Crippen LogP contribution in [0.2, 0.25) is 0 Å². The van der Waals surface area contributed by atoms with Crippen molar-refractivity contribution in [3.63, 3.8) is 0 Å². The summed E-state index contributed by atoms with van der Waals surface area (Å²) in [5.41, 5.74) is 1.11. The number of H-pyrrole nitrogens is 1. The van der Waals surface area contributed by atoms with Gasteiger partial charge in [0, 0.05) is 22.2 Å². The van der Waals surface area contributed by atoms with Gasteiger partial charge in [0.05, 0.1) is 0 Å². The Morgan fingerprint density at radius 2 is 2.10 bits per heavy atom. The van der Waals surface area contributed by atoms with E-state index in [0.29, 0.717) is 0 Å². The molecular weight excluding hydrogens is 377 g/mol. The minimum atomic E-state index is 0.778. The van der Waals surface area contributed by atoms with Crippen molar-refractivity contribution in [2.45, 2.75) is 12.8 Å². The number of anilines is 1. The molecule has 2 heterocycles. The molecule has 0 unspecified atom stereocenters. The van der Waals surface area contributed by atoms with Gasteiger partial charge in [-0.1, -0.05) is 18.2 Å². The van der Waals surface area contributed by atoms with E-state index in [4.69, 9.17) is 0 Å². The maximum Gasteiger partial charge on any atom is 0.245 e. The first kappa shape index (κ1) is 14.8. The third-order valence-electron chi connectivity index (χ3n) is 3.99. The highest BCUT2D eigenvalue weighted by molar-refractivity contribution is 14.1. The Balaban J connectivity index is 1.70. The van der Waals surface area contributed by atoms with Crippen molar-refractivity contribution in [1.82, 2.24) is 20.5 Å². The molecule has 3 rings (SSSR count). The number of aromatic amines is 1. The molecule has 2 aromatic rings. The summed E-state index contributed by atoms with van der Waals surface area (Å²) in [5, 5.41) is 10.7. The fraction of sp³-hybridized carbons (Fsp3) is 0.467. The lowest BCUT2D eigenvalue weighted by atomic mass is 9.97. The summed E-state index contributed by atoms with van der Waals surface area (Å²) in [5.74, 6) is 2.46. The van der Waals surface area contributed by atoms with Crippen LogP contribution in [0.25, 0.3) is 11.4 Å². The van der Waals surface area contributed by atoms with Gasteiger partial charge in [0.1, 0.15) is 0 Å². The van der Waals surface area contributed by atoms with Crippen LogP contribution in [0.4, 0.5) is 5.95 Å². The molecule has 1 aliphatic rings. The maximum atomic E-state index is 4.67. The molecule has 1 saturated heterocycles. The van der Waals surface area contributed by atoms with Crippen molar-refractivity contribution in [3.05, 3.63) is 27.8 Å². The van der Waals surface area contributed by atoms with E-state index < -0.39 is 0 Å². The summed E-state index contributed by atoms with van der Waals surface area (Å²) < 4.78 is 1.19. The molecule has 0 spiro atoms. The maximum absolute atomic E-state index is 4.67. The van der Waals surface area contributed by atoms with E-state index >= 15 is 0 Å². The number of hydrogen-bond acceptors (Lipinski definition) is 4. The van der Waals surface area contributed by atoms with Crippen LogP contribution in [0.1, 0.15) is 12.8 Å². The number of aromatic nitrogens is 3. The SMILES string of the molecule is CNCC1CCN(c2n[nH]c(-c3ccccc3I)n2)CC1. The van der Waals surface area contributed by atoms with Crippen molar-refractivity contribution < 1.29 is 0 Å². The van der Waals surface area contributed by atoms with Gasteiger partial charge in [-0.2, -0.15) is 4.98 Å². The molecule has 1 aromatic heterocycles. The van der Waals surface area contributed by atoms with Crippen molar-refractivity contribution >= 4 is 28.5 Å². The molecule has 2 N–H and O–H groups in total. The average Bonchev–Trinajstić information content (AvgIpc) is 2.98. The monoisotopic (exact) mass is 397 g/mol. The smallest absolute Gasteiger partial charge is 0.245 e. The molecule has 1 aliphatic heterocycles. The zero-order chi connectivity index (χ0) is 14.7. The van der Waals surface area contributed by atoms with Gasteiger partial charge >= 0.3 is 0 Å². The molecule has 6 heteroatoms. The molecule has 0 radical (unpaired) electrons. The van der Waals surface area contributed by atoms with Gasteiger partial charge in [0.25, 0.3) is 0 Å². The molecule has 0 saturated carbocycles. The molecule has 0 atom stereocenters. The topological polar surface area (TPSA) is 56.8 Å². The lowest BCUT2D eigenvalue weighted by Crippen LogP contribution is -2.37. The number of nitrogens with one attached hydrogen (secondary N) is 2. The molecule has 0 amide bonds. The number of halogens is 1. The molecule has 0 bridgehead atoms. The van der Waals surface area contributed by atoms with Gasteiger partial charge in [-0.25, -0.2) is 0 Å². The Morgan fingerprint density at radius 3 is 2.81 bits per heavy atom. The lowest BCUT2D eigenvalue weighted by Gasteiger charge is -2.30. The van der Waals surface area contributed by atoms with E-state index in [1.165, 1.54) is 16.4 Å². The molecule has 0 aliphatic carbocycles. The number of benzene rings is 1. The van der Waals surface area contributed by atoms with Gasteiger partial charge in [-0.3, -0.25) is 5.10 Å². The predicted octanol–water partition coefficient (Wildman–Crippen LogP) is 2.51. The standard InChI is InChI=1S/C15H20IN5/c1-17-10-11-6-8-21(9-7-11)15-18-14(19-20-15)12-4-2-3-5-13(12)16/h2-5,11,17H,6-10H2,1H3,(H,18,19,20). The van der Waals surface area contributed by atoms with E-state index in [1.807, 2.05) is 19.2 Å².